The Bertz CT molecular complexity index is 187. The third-order valence-corrected chi connectivity index (χ3v) is 2.63. The van der Waals surface area contributed by atoms with Gasteiger partial charge in [-0.25, -0.2) is 0 Å². The Hall–Kier alpha value is -0.540. The second-order valence-electron chi connectivity index (χ2n) is 3.65. The zero-order valence-corrected chi connectivity index (χ0v) is 7.25. The standard InChI is InChI=1S/C9H16N2O/c10-11-9(7-3-4-7)8-2-1-5-12-6-8/h6-7,9,11H,1-5,10H2. The molecule has 3 heteroatoms. The molecule has 0 aromatic heterocycles. The maximum absolute atomic E-state index is 5.50. The summed E-state index contributed by atoms with van der Waals surface area (Å²) in [7, 11) is 0. The van der Waals surface area contributed by atoms with Gasteiger partial charge in [0, 0.05) is 6.04 Å². The molecular formula is C9H16N2O. The van der Waals surface area contributed by atoms with Crippen molar-refractivity contribution in [2.75, 3.05) is 6.61 Å². The van der Waals surface area contributed by atoms with Gasteiger partial charge in [0.1, 0.15) is 0 Å². The van der Waals surface area contributed by atoms with Crippen LogP contribution < -0.4 is 11.3 Å². The minimum absolute atomic E-state index is 0.380. The van der Waals surface area contributed by atoms with E-state index in [4.69, 9.17) is 10.6 Å². The maximum atomic E-state index is 5.50. The fourth-order valence-corrected chi connectivity index (χ4v) is 1.79. The first-order chi connectivity index (χ1) is 5.92. The highest BCUT2D eigenvalue weighted by Crippen LogP contribution is 2.36. The van der Waals surface area contributed by atoms with Crippen LogP contribution in [0, 0.1) is 5.92 Å². The van der Waals surface area contributed by atoms with Crippen molar-refractivity contribution in [2.45, 2.75) is 31.7 Å². The van der Waals surface area contributed by atoms with Gasteiger partial charge < -0.3 is 4.74 Å². The second-order valence-corrected chi connectivity index (χ2v) is 3.65. The van der Waals surface area contributed by atoms with Gasteiger partial charge in [0.25, 0.3) is 0 Å². The lowest BCUT2D eigenvalue weighted by molar-refractivity contribution is 0.218. The number of nitrogens with two attached hydrogens (primary N) is 1. The molecule has 0 amide bonds. The SMILES string of the molecule is NNC(C1=COCCC1)C1CC1. The predicted molar refractivity (Wildman–Crippen MR) is 47.1 cm³/mol. The normalized spacial score (nSPS) is 25.9. The van der Waals surface area contributed by atoms with E-state index in [9.17, 15) is 0 Å². The molecule has 0 radical (unpaired) electrons. The van der Waals surface area contributed by atoms with Crippen molar-refractivity contribution in [1.29, 1.82) is 0 Å². The smallest absolute Gasteiger partial charge is 0.0876 e. The van der Waals surface area contributed by atoms with Crippen molar-refractivity contribution >= 4 is 0 Å². The quantitative estimate of drug-likeness (QED) is 0.486. The molecule has 0 aromatic rings. The van der Waals surface area contributed by atoms with E-state index >= 15 is 0 Å². The molecule has 3 nitrogen and oxygen atoms in total. The molecule has 68 valence electrons. The Morgan fingerprint density at radius 1 is 1.58 bits per heavy atom. The van der Waals surface area contributed by atoms with Crippen LogP contribution in [0.1, 0.15) is 25.7 Å². The van der Waals surface area contributed by atoms with Crippen LogP contribution in [0.15, 0.2) is 11.8 Å². The average Bonchev–Trinajstić information content (AvgIpc) is 2.92. The lowest BCUT2D eigenvalue weighted by atomic mass is 9.99. The van der Waals surface area contributed by atoms with Crippen LogP contribution in [0.3, 0.4) is 0 Å². The van der Waals surface area contributed by atoms with Gasteiger partial charge in [0.2, 0.25) is 0 Å². The van der Waals surface area contributed by atoms with Crippen LogP contribution in [0.2, 0.25) is 0 Å². The van der Waals surface area contributed by atoms with E-state index in [1.165, 1.54) is 18.4 Å². The van der Waals surface area contributed by atoms with Gasteiger partial charge in [-0.1, -0.05) is 0 Å². The summed E-state index contributed by atoms with van der Waals surface area (Å²) in [5.74, 6) is 6.26. The molecule has 2 aliphatic rings. The summed E-state index contributed by atoms with van der Waals surface area (Å²) in [6, 6.07) is 0.380. The fraction of sp³-hybridized carbons (Fsp3) is 0.778. The first kappa shape index (κ1) is 8.08. The maximum Gasteiger partial charge on any atom is 0.0876 e. The van der Waals surface area contributed by atoms with Crippen LogP contribution in [0.4, 0.5) is 0 Å². The molecule has 2 rings (SSSR count). The van der Waals surface area contributed by atoms with Gasteiger partial charge >= 0.3 is 0 Å². The van der Waals surface area contributed by atoms with Crippen LogP contribution in [0.25, 0.3) is 0 Å². The molecule has 0 spiro atoms. The fourth-order valence-electron chi connectivity index (χ4n) is 1.79. The highest BCUT2D eigenvalue weighted by molar-refractivity contribution is 5.13. The molecule has 0 aromatic carbocycles. The molecule has 0 saturated heterocycles. The number of hydrazine groups is 1. The van der Waals surface area contributed by atoms with E-state index < -0.39 is 0 Å². The summed E-state index contributed by atoms with van der Waals surface area (Å²) in [5, 5.41) is 0. The minimum Gasteiger partial charge on any atom is -0.501 e. The van der Waals surface area contributed by atoms with Gasteiger partial charge in [0.05, 0.1) is 12.9 Å². The van der Waals surface area contributed by atoms with Gasteiger partial charge in [-0.15, -0.1) is 0 Å². The summed E-state index contributed by atoms with van der Waals surface area (Å²) in [6.07, 6.45) is 6.80. The molecular weight excluding hydrogens is 152 g/mol. The molecule has 1 unspecified atom stereocenters. The number of nitrogens with one attached hydrogen (secondary N) is 1. The van der Waals surface area contributed by atoms with Crippen molar-refractivity contribution in [3.8, 4) is 0 Å². The summed E-state index contributed by atoms with van der Waals surface area (Å²) in [5.41, 5.74) is 4.24. The Labute approximate surface area is 72.9 Å². The third kappa shape index (κ3) is 1.62. The van der Waals surface area contributed by atoms with Crippen molar-refractivity contribution < 1.29 is 4.74 Å². The first-order valence-electron chi connectivity index (χ1n) is 4.68. The zero-order chi connectivity index (χ0) is 8.39. The average molecular weight is 168 g/mol. The van der Waals surface area contributed by atoms with Crippen molar-refractivity contribution in [1.82, 2.24) is 5.43 Å². The predicted octanol–water partition coefficient (Wildman–Crippen LogP) is 0.923. The number of rotatable bonds is 3. The molecule has 1 fully saturated rings. The van der Waals surface area contributed by atoms with Crippen LogP contribution >= 0.6 is 0 Å². The Kier molecular flexibility index (Phi) is 2.33. The van der Waals surface area contributed by atoms with E-state index in [1.807, 2.05) is 6.26 Å². The van der Waals surface area contributed by atoms with Crippen molar-refractivity contribution in [3.05, 3.63) is 11.8 Å². The molecule has 3 N–H and O–H groups in total. The van der Waals surface area contributed by atoms with Gasteiger partial charge in [-0.05, 0) is 37.2 Å². The van der Waals surface area contributed by atoms with Gasteiger partial charge in [-0.3, -0.25) is 11.3 Å². The summed E-state index contributed by atoms with van der Waals surface area (Å²) in [4.78, 5) is 0. The summed E-state index contributed by atoms with van der Waals surface area (Å²) >= 11 is 0. The molecule has 1 atom stereocenters. The van der Waals surface area contributed by atoms with Crippen molar-refractivity contribution in [2.24, 2.45) is 11.8 Å². The van der Waals surface area contributed by atoms with Gasteiger partial charge in [-0.2, -0.15) is 0 Å². The topological polar surface area (TPSA) is 47.3 Å². The van der Waals surface area contributed by atoms with E-state index in [0.29, 0.717) is 6.04 Å². The molecule has 12 heavy (non-hydrogen) atoms. The van der Waals surface area contributed by atoms with E-state index in [0.717, 1.165) is 25.4 Å². The molecule has 1 aliphatic carbocycles. The van der Waals surface area contributed by atoms with Crippen molar-refractivity contribution in [3.63, 3.8) is 0 Å². The summed E-state index contributed by atoms with van der Waals surface area (Å²) in [6.45, 7) is 0.867. The lowest BCUT2D eigenvalue weighted by Gasteiger charge is -2.22. The highest BCUT2D eigenvalue weighted by Gasteiger charge is 2.33. The minimum atomic E-state index is 0.380. The Morgan fingerprint density at radius 2 is 2.42 bits per heavy atom. The van der Waals surface area contributed by atoms with E-state index in [2.05, 4.69) is 5.43 Å². The second kappa shape index (κ2) is 3.46. The molecule has 1 heterocycles. The third-order valence-electron chi connectivity index (χ3n) is 2.63. The van der Waals surface area contributed by atoms with E-state index in [1.54, 1.807) is 0 Å². The van der Waals surface area contributed by atoms with E-state index in [-0.39, 0.29) is 0 Å². The monoisotopic (exact) mass is 168 g/mol. The Morgan fingerprint density at radius 3 is 2.92 bits per heavy atom. The Balaban J connectivity index is 1.98. The van der Waals surface area contributed by atoms with Gasteiger partial charge in [0.15, 0.2) is 0 Å². The van der Waals surface area contributed by atoms with Crippen LogP contribution in [0.5, 0.6) is 0 Å². The molecule has 1 saturated carbocycles. The zero-order valence-electron chi connectivity index (χ0n) is 7.25. The lowest BCUT2D eigenvalue weighted by Crippen LogP contribution is -2.39. The summed E-state index contributed by atoms with van der Waals surface area (Å²) < 4.78 is 5.29. The number of ether oxygens (including phenoxy) is 1. The highest BCUT2D eigenvalue weighted by atomic mass is 16.5. The largest absolute Gasteiger partial charge is 0.501 e. The first-order valence-corrected chi connectivity index (χ1v) is 4.68. The van der Waals surface area contributed by atoms with Crippen LogP contribution in [-0.4, -0.2) is 12.6 Å². The number of hydrogen-bond acceptors (Lipinski definition) is 3. The molecule has 1 aliphatic heterocycles. The van der Waals surface area contributed by atoms with Crippen LogP contribution in [-0.2, 0) is 4.74 Å². The molecule has 0 bridgehead atoms. The number of hydrogen-bond donors (Lipinski definition) is 2.